The van der Waals surface area contributed by atoms with Gasteiger partial charge in [-0.05, 0) is 49.4 Å². The van der Waals surface area contributed by atoms with Gasteiger partial charge in [-0.25, -0.2) is 0 Å². The monoisotopic (exact) mass is 363 g/mol. The molecule has 6 atom stereocenters. The van der Waals surface area contributed by atoms with Crippen molar-refractivity contribution >= 4 is 33.5 Å². The lowest BCUT2D eigenvalue weighted by molar-refractivity contribution is -0.145. The summed E-state index contributed by atoms with van der Waals surface area (Å²) in [7, 11) is 0. The Morgan fingerprint density at radius 3 is 2.77 bits per heavy atom. The molecule has 3 fully saturated rings. The van der Waals surface area contributed by atoms with E-state index in [1.165, 1.54) is 5.56 Å². The molecule has 22 heavy (non-hydrogen) atoms. The van der Waals surface area contributed by atoms with Crippen molar-refractivity contribution in [2.45, 2.75) is 31.2 Å². The summed E-state index contributed by atoms with van der Waals surface area (Å²) in [4.78, 5) is 24.9. The number of anilines is 1. The maximum Gasteiger partial charge on any atom is 0.310 e. The first-order valence-corrected chi connectivity index (χ1v) is 8.61. The van der Waals surface area contributed by atoms with Crippen molar-refractivity contribution in [1.29, 1.82) is 0 Å². The van der Waals surface area contributed by atoms with Crippen LogP contribution in [0.15, 0.2) is 18.2 Å². The van der Waals surface area contributed by atoms with E-state index in [9.17, 15) is 9.59 Å². The van der Waals surface area contributed by atoms with Crippen LogP contribution in [0.1, 0.15) is 17.5 Å². The molecular weight excluding hydrogens is 346 g/mol. The molecule has 2 saturated carbocycles. The number of hydrogen-bond donors (Lipinski definition) is 1. The van der Waals surface area contributed by atoms with Crippen molar-refractivity contribution in [1.82, 2.24) is 0 Å². The number of halogens is 1. The van der Waals surface area contributed by atoms with E-state index in [0.29, 0.717) is 0 Å². The molecular formula is C17H18BrNO3. The zero-order valence-electron chi connectivity index (χ0n) is 12.5. The number of aryl methyl sites for hydroxylation is 2. The van der Waals surface area contributed by atoms with Gasteiger partial charge in [-0.1, -0.05) is 22.0 Å². The molecule has 4 nitrogen and oxygen atoms in total. The van der Waals surface area contributed by atoms with Crippen molar-refractivity contribution in [3.05, 3.63) is 29.3 Å². The fraction of sp³-hybridized carbons (Fsp3) is 0.529. The molecule has 0 spiro atoms. The molecule has 1 N–H and O–H groups in total. The molecule has 0 unspecified atom stereocenters. The number of alkyl halides is 1. The third-order valence-corrected chi connectivity index (χ3v) is 6.80. The highest BCUT2D eigenvalue weighted by molar-refractivity contribution is 9.09. The van der Waals surface area contributed by atoms with Crippen LogP contribution in [0.4, 0.5) is 5.69 Å². The van der Waals surface area contributed by atoms with Gasteiger partial charge in [-0.2, -0.15) is 0 Å². The average Bonchev–Trinajstić information content (AvgIpc) is 3.07. The van der Waals surface area contributed by atoms with Crippen molar-refractivity contribution in [2.75, 3.05) is 5.32 Å². The first-order valence-electron chi connectivity index (χ1n) is 7.70. The van der Waals surface area contributed by atoms with Gasteiger partial charge in [0, 0.05) is 11.6 Å². The van der Waals surface area contributed by atoms with E-state index < -0.39 is 0 Å². The summed E-state index contributed by atoms with van der Waals surface area (Å²) in [5, 5.41) is 2.99. The maximum atomic E-state index is 12.7. The van der Waals surface area contributed by atoms with E-state index in [4.69, 9.17) is 4.74 Å². The third-order valence-electron chi connectivity index (χ3n) is 5.60. The Balaban J connectivity index is 1.58. The van der Waals surface area contributed by atoms with E-state index in [1.54, 1.807) is 0 Å². The van der Waals surface area contributed by atoms with Crippen molar-refractivity contribution in [3.8, 4) is 0 Å². The number of nitrogens with one attached hydrogen (secondary N) is 1. The smallest absolute Gasteiger partial charge is 0.310 e. The van der Waals surface area contributed by atoms with Gasteiger partial charge >= 0.3 is 5.97 Å². The topological polar surface area (TPSA) is 55.4 Å². The Morgan fingerprint density at radius 1 is 1.27 bits per heavy atom. The van der Waals surface area contributed by atoms with E-state index in [-0.39, 0.29) is 46.5 Å². The van der Waals surface area contributed by atoms with Crippen molar-refractivity contribution in [3.63, 3.8) is 0 Å². The molecule has 1 aliphatic heterocycles. The van der Waals surface area contributed by atoms with Crippen LogP contribution in [-0.4, -0.2) is 22.8 Å². The summed E-state index contributed by atoms with van der Waals surface area (Å²) in [6.45, 7) is 4.07. The summed E-state index contributed by atoms with van der Waals surface area (Å²) >= 11 is 3.63. The van der Waals surface area contributed by atoms with Crippen molar-refractivity contribution in [2.24, 2.45) is 23.7 Å². The van der Waals surface area contributed by atoms with Crippen LogP contribution in [0, 0.1) is 37.5 Å². The Morgan fingerprint density at radius 2 is 2.05 bits per heavy atom. The minimum Gasteiger partial charge on any atom is -0.461 e. The van der Waals surface area contributed by atoms with Crippen LogP contribution in [0.3, 0.4) is 0 Å². The number of rotatable bonds is 2. The largest absolute Gasteiger partial charge is 0.461 e. The first kappa shape index (κ1) is 14.2. The highest BCUT2D eigenvalue weighted by Gasteiger charge is 2.67. The van der Waals surface area contributed by atoms with Crippen LogP contribution in [-0.2, 0) is 14.3 Å². The number of ether oxygens (including phenoxy) is 1. The van der Waals surface area contributed by atoms with Crippen LogP contribution >= 0.6 is 15.9 Å². The Hall–Kier alpha value is -1.36. The molecule has 3 aliphatic rings. The second-order valence-electron chi connectivity index (χ2n) is 6.75. The highest BCUT2D eigenvalue weighted by atomic mass is 79.9. The normalized spacial score (nSPS) is 38.2. The number of benzene rings is 1. The van der Waals surface area contributed by atoms with Gasteiger partial charge in [0.1, 0.15) is 6.10 Å². The predicted molar refractivity (Wildman–Crippen MR) is 85.7 cm³/mol. The number of esters is 1. The van der Waals surface area contributed by atoms with Crippen LogP contribution in [0.5, 0.6) is 0 Å². The lowest BCUT2D eigenvalue weighted by atomic mass is 9.79. The summed E-state index contributed by atoms with van der Waals surface area (Å²) in [6, 6.07) is 5.88. The number of hydrogen-bond acceptors (Lipinski definition) is 3. The quantitative estimate of drug-likeness (QED) is 0.649. The Bertz CT molecular complexity index is 674. The molecule has 5 heteroatoms. The highest BCUT2D eigenvalue weighted by Crippen LogP contribution is 2.60. The second-order valence-corrected chi connectivity index (χ2v) is 7.81. The van der Waals surface area contributed by atoms with Gasteiger partial charge in [0.05, 0.1) is 16.7 Å². The van der Waals surface area contributed by atoms with E-state index >= 15 is 0 Å². The Labute approximate surface area is 137 Å². The van der Waals surface area contributed by atoms with Gasteiger partial charge < -0.3 is 10.1 Å². The fourth-order valence-corrected chi connectivity index (χ4v) is 5.42. The van der Waals surface area contributed by atoms with E-state index in [0.717, 1.165) is 17.7 Å². The zero-order valence-corrected chi connectivity index (χ0v) is 14.1. The molecule has 1 heterocycles. The summed E-state index contributed by atoms with van der Waals surface area (Å²) in [5.41, 5.74) is 3.13. The molecule has 116 valence electrons. The molecule has 1 aromatic rings. The van der Waals surface area contributed by atoms with E-state index in [2.05, 4.69) is 21.2 Å². The van der Waals surface area contributed by atoms with Crippen LogP contribution in [0.25, 0.3) is 0 Å². The van der Waals surface area contributed by atoms with Gasteiger partial charge in [0.2, 0.25) is 5.91 Å². The molecule has 2 bridgehead atoms. The molecule has 0 radical (unpaired) electrons. The van der Waals surface area contributed by atoms with Crippen LogP contribution in [0.2, 0.25) is 0 Å². The minimum absolute atomic E-state index is 0.0341. The number of fused-ring (bicyclic) bond motifs is 1. The fourth-order valence-electron chi connectivity index (χ4n) is 4.38. The van der Waals surface area contributed by atoms with Gasteiger partial charge in [-0.15, -0.1) is 0 Å². The molecule has 0 aromatic heterocycles. The lowest BCUT2D eigenvalue weighted by Gasteiger charge is -2.27. The SMILES string of the molecule is Cc1ccc(NC(=O)[C@@H]2[C@H]3C[C@H]4[C@H](OC(=O)[C@H]42)[C@@H]3Br)cc1C. The molecule has 1 aromatic carbocycles. The average molecular weight is 364 g/mol. The molecule has 1 saturated heterocycles. The molecule has 2 aliphatic carbocycles. The lowest BCUT2D eigenvalue weighted by Crippen LogP contribution is -2.40. The standard InChI is InChI=1S/C17H18BrNO3/c1-7-3-4-9(5-8(7)2)19-16(20)12-10-6-11-13(12)17(21)22-15(11)14(10)18/h3-5,10-15H,6H2,1-2H3,(H,19,20)/t10-,11-,12-,13-,14-,15+/m1/s1. The minimum atomic E-state index is -0.276. The summed E-state index contributed by atoms with van der Waals surface area (Å²) in [5.74, 6) is -0.379. The first-order chi connectivity index (χ1) is 10.5. The van der Waals surface area contributed by atoms with Crippen molar-refractivity contribution < 1.29 is 14.3 Å². The molecule has 4 rings (SSSR count). The van der Waals surface area contributed by atoms with E-state index in [1.807, 2.05) is 32.0 Å². The molecule has 1 amide bonds. The van der Waals surface area contributed by atoms with Gasteiger partial charge in [-0.3, -0.25) is 9.59 Å². The number of carbonyl (C=O) groups is 2. The third kappa shape index (κ3) is 1.87. The maximum absolute atomic E-state index is 12.7. The second kappa shape index (κ2) is 4.82. The number of carbonyl (C=O) groups excluding carboxylic acids is 2. The van der Waals surface area contributed by atoms with Gasteiger partial charge in [0.15, 0.2) is 0 Å². The van der Waals surface area contributed by atoms with Crippen LogP contribution < -0.4 is 5.32 Å². The summed E-state index contributed by atoms with van der Waals surface area (Å²) in [6.07, 6.45) is 0.871. The number of amides is 1. The predicted octanol–water partition coefficient (Wildman–Crippen LogP) is 2.81. The summed E-state index contributed by atoms with van der Waals surface area (Å²) < 4.78 is 5.45. The zero-order chi connectivity index (χ0) is 15.6. The van der Waals surface area contributed by atoms with Gasteiger partial charge in [0.25, 0.3) is 0 Å². The Kier molecular flexibility index (Phi) is 3.12.